The predicted molar refractivity (Wildman–Crippen MR) is 124 cm³/mol. The van der Waals surface area contributed by atoms with Gasteiger partial charge in [-0.05, 0) is 24.1 Å². The first-order valence-corrected chi connectivity index (χ1v) is 11.4. The van der Waals surface area contributed by atoms with E-state index >= 15 is 0 Å². The van der Waals surface area contributed by atoms with Gasteiger partial charge < -0.3 is 26.2 Å². The Morgan fingerprint density at radius 1 is 1.00 bits per heavy atom. The average Bonchev–Trinajstić information content (AvgIpc) is 2.81. The van der Waals surface area contributed by atoms with Gasteiger partial charge in [0, 0.05) is 17.9 Å². The highest BCUT2D eigenvalue weighted by atomic mass is 32.2. The molecule has 2 atom stereocenters. The molecule has 0 aliphatic rings. The minimum Gasteiger partial charge on any atom is -0.480 e. The Bertz CT molecular complexity index is 926. The number of carboxylic acid groups (broad SMARTS) is 1. The van der Waals surface area contributed by atoms with Crippen LogP contribution in [0.3, 0.4) is 0 Å². The van der Waals surface area contributed by atoms with Crippen LogP contribution in [-0.4, -0.2) is 53.2 Å². The van der Waals surface area contributed by atoms with Crippen molar-refractivity contribution in [3.05, 3.63) is 66.2 Å². The number of hydrogen-bond acceptors (Lipinski definition) is 7. The zero-order valence-corrected chi connectivity index (χ0v) is 18.8. The van der Waals surface area contributed by atoms with Crippen molar-refractivity contribution in [2.45, 2.75) is 30.7 Å². The monoisotopic (exact) mass is 473 g/mol. The van der Waals surface area contributed by atoms with Gasteiger partial charge in [-0.25, -0.2) is 4.79 Å². The van der Waals surface area contributed by atoms with Gasteiger partial charge in [0.05, 0.1) is 0 Å². The van der Waals surface area contributed by atoms with E-state index in [0.29, 0.717) is 11.5 Å². The number of nitrogens with two attached hydrogens (primary N) is 1. The van der Waals surface area contributed by atoms with Gasteiger partial charge in [0.2, 0.25) is 11.8 Å². The molecule has 0 aromatic heterocycles. The summed E-state index contributed by atoms with van der Waals surface area (Å²) in [5.74, 6) is -1.66. The Hall–Kier alpha value is -3.37. The number of amides is 2. The fraction of sp³-hybridized carbons (Fsp3) is 0.304. The number of esters is 1. The summed E-state index contributed by atoms with van der Waals surface area (Å²) >= 11 is 1.44. The standard InChI is InChI=1S/C23H27N3O6S/c24-18(23(30)31)11-12-20(27)26-19(15-33-14-16-7-3-1-4-8-16)22(29)25-13-21(28)32-17-9-5-2-6-10-17/h1-10,18-19H,11-15,24H2,(H,25,29)(H,26,27)(H,30,31)/t18-,19-/m0/s1. The average molecular weight is 474 g/mol. The lowest BCUT2D eigenvalue weighted by Gasteiger charge is -2.18. The van der Waals surface area contributed by atoms with Crippen molar-refractivity contribution in [1.82, 2.24) is 10.6 Å². The van der Waals surface area contributed by atoms with E-state index in [1.54, 1.807) is 30.3 Å². The third-order valence-corrected chi connectivity index (χ3v) is 5.54. The quantitative estimate of drug-likeness (QED) is 0.251. The number of rotatable bonds is 13. The van der Waals surface area contributed by atoms with Crippen molar-refractivity contribution in [2.75, 3.05) is 12.3 Å². The van der Waals surface area contributed by atoms with Crippen LogP contribution in [0.4, 0.5) is 0 Å². The third kappa shape index (κ3) is 10.2. The van der Waals surface area contributed by atoms with Crippen molar-refractivity contribution in [1.29, 1.82) is 0 Å². The number of ether oxygens (including phenoxy) is 1. The number of carbonyl (C=O) groups is 4. The largest absolute Gasteiger partial charge is 0.480 e. The molecule has 176 valence electrons. The Balaban J connectivity index is 1.89. The fourth-order valence-corrected chi connectivity index (χ4v) is 3.68. The van der Waals surface area contributed by atoms with E-state index in [-0.39, 0.29) is 25.1 Å². The minimum atomic E-state index is -1.20. The topological polar surface area (TPSA) is 148 Å². The Morgan fingerprint density at radius 3 is 2.27 bits per heavy atom. The van der Waals surface area contributed by atoms with E-state index in [1.165, 1.54) is 11.8 Å². The van der Waals surface area contributed by atoms with E-state index in [9.17, 15) is 19.2 Å². The van der Waals surface area contributed by atoms with Gasteiger partial charge in [0.25, 0.3) is 0 Å². The second-order valence-electron chi connectivity index (χ2n) is 7.11. The molecule has 10 heteroatoms. The maximum atomic E-state index is 12.7. The lowest BCUT2D eigenvalue weighted by atomic mass is 10.1. The Morgan fingerprint density at radius 2 is 1.64 bits per heavy atom. The number of thioether (sulfide) groups is 1. The van der Waals surface area contributed by atoms with E-state index < -0.39 is 35.8 Å². The molecule has 0 aliphatic heterocycles. The summed E-state index contributed by atoms with van der Waals surface area (Å²) in [6.07, 6.45) is -0.202. The third-order valence-electron chi connectivity index (χ3n) is 4.43. The summed E-state index contributed by atoms with van der Waals surface area (Å²) in [4.78, 5) is 47.7. The smallest absolute Gasteiger partial charge is 0.330 e. The number of nitrogens with one attached hydrogen (secondary N) is 2. The molecule has 5 N–H and O–H groups in total. The second kappa shape index (κ2) is 13.9. The molecular weight excluding hydrogens is 446 g/mol. The number of benzene rings is 2. The molecule has 0 radical (unpaired) electrons. The van der Waals surface area contributed by atoms with Gasteiger partial charge in [-0.2, -0.15) is 11.8 Å². The molecule has 0 aliphatic carbocycles. The molecular formula is C23H27N3O6S. The van der Waals surface area contributed by atoms with Crippen LogP contribution in [0.25, 0.3) is 0 Å². The number of carbonyl (C=O) groups excluding carboxylic acids is 3. The molecule has 0 saturated heterocycles. The van der Waals surface area contributed by atoms with E-state index in [4.69, 9.17) is 15.6 Å². The van der Waals surface area contributed by atoms with E-state index in [0.717, 1.165) is 5.56 Å². The summed E-state index contributed by atoms with van der Waals surface area (Å²) in [7, 11) is 0. The molecule has 0 fully saturated rings. The first kappa shape index (κ1) is 25.9. The van der Waals surface area contributed by atoms with Crippen LogP contribution >= 0.6 is 11.8 Å². The van der Waals surface area contributed by atoms with Crippen LogP contribution in [0.2, 0.25) is 0 Å². The molecule has 2 aromatic carbocycles. The molecule has 0 unspecified atom stereocenters. The lowest BCUT2D eigenvalue weighted by Crippen LogP contribution is -2.49. The first-order chi connectivity index (χ1) is 15.8. The summed E-state index contributed by atoms with van der Waals surface area (Å²) in [5.41, 5.74) is 6.49. The zero-order valence-electron chi connectivity index (χ0n) is 17.9. The Kier molecular flexibility index (Phi) is 10.9. The van der Waals surface area contributed by atoms with Crippen LogP contribution in [0.5, 0.6) is 5.75 Å². The van der Waals surface area contributed by atoms with Crippen LogP contribution in [-0.2, 0) is 24.9 Å². The maximum Gasteiger partial charge on any atom is 0.330 e. The van der Waals surface area contributed by atoms with Crippen molar-refractivity contribution < 1.29 is 29.0 Å². The molecule has 2 amide bonds. The summed E-state index contributed by atoms with van der Waals surface area (Å²) < 4.78 is 5.14. The fourth-order valence-electron chi connectivity index (χ4n) is 2.67. The Labute approximate surface area is 196 Å². The molecule has 9 nitrogen and oxygen atoms in total. The van der Waals surface area contributed by atoms with Crippen molar-refractivity contribution in [3.63, 3.8) is 0 Å². The van der Waals surface area contributed by atoms with E-state index in [2.05, 4.69) is 10.6 Å². The number of aliphatic carboxylic acids is 1. The molecule has 2 aromatic rings. The van der Waals surface area contributed by atoms with Crippen LogP contribution in [0.15, 0.2) is 60.7 Å². The summed E-state index contributed by atoms with van der Waals surface area (Å²) in [6.45, 7) is -0.368. The summed E-state index contributed by atoms with van der Waals surface area (Å²) in [6, 6.07) is 16.0. The molecule has 0 bridgehead atoms. The molecule has 0 spiro atoms. The summed E-state index contributed by atoms with van der Waals surface area (Å²) in [5, 5.41) is 13.9. The van der Waals surface area contributed by atoms with Crippen LogP contribution < -0.4 is 21.1 Å². The first-order valence-electron chi connectivity index (χ1n) is 10.3. The van der Waals surface area contributed by atoms with Gasteiger partial charge in [-0.1, -0.05) is 48.5 Å². The normalized spacial score (nSPS) is 12.3. The molecule has 0 saturated carbocycles. The highest BCUT2D eigenvalue weighted by Crippen LogP contribution is 2.13. The van der Waals surface area contributed by atoms with Crippen LogP contribution in [0.1, 0.15) is 18.4 Å². The molecule has 33 heavy (non-hydrogen) atoms. The highest BCUT2D eigenvalue weighted by Gasteiger charge is 2.23. The van der Waals surface area contributed by atoms with E-state index in [1.807, 2.05) is 30.3 Å². The van der Waals surface area contributed by atoms with Gasteiger partial charge in [-0.3, -0.25) is 14.4 Å². The van der Waals surface area contributed by atoms with Gasteiger partial charge in [-0.15, -0.1) is 0 Å². The van der Waals surface area contributed by atoms with Crippen molar-refractivity contribution in [3.8, 4) is 5.75 Å². The SMILES string of the molecule is N[C@@H](CCC(=O)N[C@@H](CSCc1ccccc1)C(=O)NCC(=O)Oc1ccccc1)C(=O)O. The predicted octanol–water partition coefficient (Wildman–Crippen LogP) is 1.32. The number of carboxylic acids is 1. The second-order valence-corrected chi connectivity index (χ2v) is 8.14. The zero-order chi connectivity index (χ0) is 24.1. The number of para-hydroxylation sites is 1. The van der Waals surface area contributed by atoms with Crippen LogP contribution in [0, 0.1) is 0 Å². The highest BCUT2D eigenvalue weighted by molar-refractivity contribution is 7.98. The van der Waals surface area contributed by atoms with Crippen molar-refractivity contribution in [2.24, 2.45) is 5.73 Å². The molecule has 2 rings (SSSR count). The number of hydrogen-bond donors (Lipinski definition) is 4. The van der Waals surface area contributed by atoms with Gasteiger partial charge >= 0.3 is 11.9 Å². The minimum absolute atomic E-state index is 0.0595. The van der Waals surface area contributed by atoms with Crippen molar-refractivity contribution >= 4 is 35.5 Å². The lowest BCUT2D eigenvalue weighted by molar-refractivity contribution is -0.139. The maximum absolute atomic E-state index is 12.7. The molecule has 0 heterocycles. The van der Waals surface area contributed by atoms with Gasteiger partial charge in [0.15, 0.2) is 0 Å². The van der Waals surface area contributed by atoms with Gasteiger partial charge in [0.1, 0.15) is 24.4 Å².